The van der Waals surface area contributed by atoms with Gasteiger partial charge in [0.05, 0.1) is 0 Å². The van der Waals surface area contributed by atoms with Gasteiger partial charge in [-0.05, 0) is 56.4 Å². The van der Waals surface area contributed by atoms with Crippen molar-refractivity contribution >= 4 is 33.4 Å². The van der Waals surface area contributed by atoms with Crippen LogP contribution >= 0.6 is 27.5 Å². The Bertz CT molecular complexity index is 461. The minimum atomic E-state index is 0.153. The third kappa shape index (κ3) is 3.51. The Labute approximate surface area is 128 Å². The van der Waals surface area contributed by atoms with E-state index in [1.54, 1.807) is 0 Å². The molecule has 0 N–H and O–H groups in total. The summed E-state index contributed by atoms with van der Waals surface area (Å²) < 4.78 is 1.01. The van der Waals surface area contributed by atoms with Crippen molar-refractivity contribution in [3.05, 3.63) is 33.8 Å². The highest BCUT2D eigenvalue weighted by Crippen LogP contribution is 2.24. The van der Waals surface area contributed by atoms with Gasteiger partial charge in [0.15, 0.2) is 0 Å². The van der Waals surface area contributed by atoms with Crippen molar-refractivity contribution in [3.63, 3.8) is 0 Å². The van der Waals surface area contributed by atoms with Crippen LogP contribution in [0.3, 0.4) is 0 Å². The molecule has 1 aromatic carbocycles. The topological polar surface area (TPSA) is 20.3 Å². The molecule has 1 atom stereocenters. The van der Waals surface area contributed by atoms with E-state index >= 15 is 0 Å². The first-order valence-electron chi connectivity index (χ1n) is 6.76. The fourth-order valence-corrected chi connectivity index (χ4v) is 3.44. The maximum absolute atomic E-state index is 12.7. The lowest BCUT2D eigenvalue weighted by atomic mass is 9.98. The minimum Gasteiger partial charge on any atom is -0.336 e. The number of nitrogens with zero attached hydrogens (tertiary/aromatic N) is 1. The molecule has 1 heterocycles. The SMILES string of the molecule is Cc1cc(Br)ccc1C(=O)N1CCCCC1CCCl. The fourth-order valence-electron chi connectivity index (χ4n) is 2.72. The first-order valence-corrected chi connectivity index (χ1v) is 8.09. The summed E-state index contributed by atoms with van der Waals surface area (Å²) in [5.41, 5.74) is 1.83. The smallest absolute Gasteiger partial charge is 0.254 e. The van der Waals surface area contributed by atoms with Gasteiger partial charge >= 0.3 is 0 Å². The first kappa shape index (κ1) is 14.9. The molecule has 4 heteroatoms. The second-order valence-electron chi connectivity index (χ2n) is 5.09. The summed E-state index contributed by atoms with van der Waals surface area (Å²) in [5.74, 6) is 0.771. The number of carbonyl (C=O) groups is 1. The second-order valence-corrected chi connectivity index (χ2v) is 6.38. The Kier molecular flexibility index (Phi) is 5.28. The molecular formula is C15H19BrClNO. The number of rotatable bonds is 3. The van der Waals surface area contributed by atoms with E-state index in [1.165, 1.54) is 6.42 Å². The van der Waals surface area contributed by atoms with Gasteiger partial charge in [0.1, 0.15) is 0 Å². The predicted octanol–water partition coefficient (Wildman–Crippen LogP) is 4.38. The molecular weight excluding hydrogens is 326 g/mol. The van der Waals surface area contributed by atoms with Crippen molar-refractivity contribution in [2.75, 3.05) is 12.4 Å². The molecule has 1 amide bonds. The van der Waals surface area contributed by atoms with Gasteiger partial charge in [-0.25, -0.2) is 0 Å². The zero-order valence-electron chi connectivity index (χ0n) is 11.2. The molecule has 2 rings (SSSR count). The van der Waals surface area contributed by atoms with Crippen molar-refractivity contribution < 1.29 is 4.79 Å². The molecule has 0 bridgehead atoms. The maximum Gasteiger partial charge on any atom is 0.254 e. The van der Waals surface area contributed by atoms with E-state index in [2.05, 4.69) is 15.9 Å². The van der Waals surface area contributed by atoms with Gasteiger partial charge in [-0.15, -0.1) is 11.6 Å². The van der Waals surface area contributed by atoms with E-state index < -0.39 is 0 Å². The van der Waals surface area contributed by atoms with Crippen molar-refractivity contribution in [3.8, 4) is 0 Å². The fraction of sp³-hybridized carbons (Fsp3) is 0.533. The number of aryl methyl sites for hydroxylation is 1. The zero-order valence-corrected chi connectivity index (χ0v) is 13.5. The zero-order chi connectivity index (χ0) is 13.8. The lowest BCUT2D eigenvalue weighted by Gasteiger charge is -2.36. The van der Waals surface area contributed by atoms with Crippen molar-refractivity contribution in [2.45, 2.75) is 38.6 Å². The van der Waals surface area contributed by atoms with Crippen LogP contribution in [0.5, 0.6) is 0 Å². The molecule has 0 radical (unpaired) electrons. The number of benzene rings is 1. The van der Waals surface area contributed by atoms with Gasteiger partial charge < -0.3 is 4.90 Å². The summed E-state index contributed by atoms with van der Waals surface area (Å²) >= 11 is 9.29. The number of likely N-dealkylation sites (tertiary alicyclic amines) is 1. The van der Waals surface area contributed by atoms with Crippen molar-refractivity contribution in [1.29, 1.82) is 0 Å². The molecule has 1 unspecified atom stereocenters. The van der Waals surface area contributed by atoms with Gasteiger partial charge in [0.25, 0.3) is 5.91 Å². The summed E-state index contributed by atoms with van der Waals surface area (Å²) in [6.45, 7) is 2.84. The normalized spacial score (nSPS) is 19.5. The summed E-state index contributed by atoms with van der Waals surface area (Å²) in [4.78, 5) is 14.7. The average Bonchev–Trinajstić information content (AvgIpc) is 2.39. The molecule has 1 aliphatic rings. The monoisotopic (exact) mass is 343 g/mol. The molecule has 2 nitrogen and oxygen atoms in total. The summed E-state index contributed by atoms with van der Waals surface area (Å²) in [7, 11) is 0. The highest BCUT2D eigenvalue weighted by molar-refractivity contribution is 9.10. The molecule has 0 saturated carbocycles. The standard InChI is InChI=1S/C15H19BrClNO/c1-11-10-12(16)5-6-14(11)15(19)18-9-3-2-4-13(18)7-8-17/h5-6,10,13H,2-4,7-9H2,1H3. The highest BCUT2D eigenvalue weighted by atomic mass is 79.9. The molecule has 1 aliphatic heterocycles. The Morgan fingerprint density at radius 2 is 2.26 bits per heavy atom. The van der Waals surface area contributed by atoms with E-state index in [0.717, 1.165) is 41.4 Å². The Morgan fingerprint density at radius 3 is 2.95 bits per heavy atom. The van der Waals surface area contributed by atoms with Crippen LogP contribution in [0.25, 0.3) is 0 Å². The Hall–Kier alpha value is -0.540. The summed E-state index contributed by atoms with van der Waals surface area (Å²) in [6.07, 6.45) is 4.27. The van der Waals surface area contributed by atoms with Crippen LogP contribution in [0.1, 0.15) is 41.6 Å². The molecule has 0 aliphatic carbocycles. The lowest BCUT2D eigenvalue weighted by Crippen LogP contribution is -2.44. The van der Waals surface area contributed by atoms with Gasteiger partial charge in [-0.3, -0.25) is 4.79 Å². The predicted molar refractivity (Wildman–Crippen MR) is 82.9 cm³/mol. The van der Waals surface area contributed by atoms with Crippen LogP contribution in [0, 0.1) is 6.92 Å². The van der Waals surface area contributed by atoms with Crippen LogP contribution in [-0.2, 0) is 0 Å². The largest absolute Gasteiger partial charge is 0.336 e. The van der Waals surface area contributed by atoms with E-state index in [9.17, 15) is 4.79 Å². The summed E-state index contributed by atoms with van der Waals surface area (Å²) in [6, 6.07) is 6.14. The Morgan fingerprint density at radius 1 is 1.47 bits per heavy atom. The Balaban J connectivity index is 2.21. The summed E-state index contributed by atoms with van der Waals surface area (Å²) in [5, 5.41) is 0. The number of amides is 1. The highest BCUT2D eigenvalue weighted by Gasteiger charge is 2.27. The molecule has 0 aromatic heterocycles. The van der Waals surface area contributed by atoms with Crippen molar-refractivity contribution in [2.24, 2.45) is 0 Å². The van der Waals surface area contributed by atoms with E-state index in [4.69, 9.17) is 11.6 Å². The third-order valence-corrected chi connectivity index (χ3v) is 4.46. The van der Waals surface area contributed by atoms with E-state index in [1.807, 2.05) is 30.0 Å². The van der Waals surface area contributed by atoms with Crippen LogP contribution in [0.4, 0.5) is 0 Å². The van der Waals surface area contributed by atoms with E-state index in [0.29, 0.717) is 11.9 Å². The molecule has 1 saturated heterocycles. The molecule has 104 valence electrons. The number of carbonyl (C=O) groups excluding carboxylic acids is 1. The number of halogens is 2. The van der Waals surface area contributed by atoms with Crippen LogP contribution in [0.2, 0.25) is 0 Å². The molecule has 1 fully saturated rings. The van der Waals surface area contributed by atoms with Gasteiger partial charge in [0.2, 0.25) is 0 Å². The van der Waals surface area contributed by atoms with Crippen LogP contribution < -0.4 is 0 Å². The van der Waals surface area contributed by atoms with Gasteiger partial charge in [0, 0.05) is 28.5 Å². The van der Waals surface area contributed by atoms with Crippen molar-refractivity contribution in [1.82, 2.24) is 4.90 Å². The first-order chi connectivity index (χ1) is 9.13. The number of alkyl halides is 1. The lowest BCUT2D eigenvalue weighted by molar-refractivity contribution is 0.0608. The number of hydrogen-bond donors (Lipinski definition) is 0. The number of hydrogen-bond acceptors (Lipinski definition) is 1. The second kappa shape index (κ2) is 6.76. The average molecular weight is 345 g/mol. The molecule has 0 spiro atoms. The van der Waals surface area contributed by atoms with Crippen LogP contribution in [-0.4, -0.2) is 29.3 Å². The van der Waals surface area contributed by atoms with Crippen LogP contribution in [0.15, 0.2) is 22.7 Å². The maximum atomic E-state index is 12.7. The van der Waals surface area contributed by atoms with Gasteiger partial charge in [-0.2, -0.15) is 0 Å². The van der Waals surface area contributed by atoms with Gasteiger partial charge in [-0.1, -0.05) is 15.9 Å². The quantitative estimate of drug-likeness (QED) is 0.745. The molecule has 19 heavy (non-hydrogen) atoms. The molecule has 1 aromatic rings. The minimum absolute atomic E-state index is 0.153. The number of piperidine rings is 1. The van der Waals surface area contributed by atoms with E-state index in [-0.39, 0.29) is 5.91 Å². The third-order valence-electron chi connectivity index (χ3n) is 3.75.